The van der Waals surface area contributed by atoms with Crippen molar-refractivity contribution in [1.82, 2.24) is 0 Å². The zero-order valence-corrected chi connectivity index (χ0v) is 19.6. The van der Waals surface area contributed by atoms with Gasteiger partial charge in [0.25, 0.3) is 0 Å². The molecule has 1 aliphatic rings. The van der Waals surface area contributed by atoms with E-state index in [0.717, 1.165) is 32.1 Å². The van der Waals surface area contributed by atoms with Crippen LogP contribution in [0.4, 0.5) is 0 Å². The van der Waals surface area contributed by atoms with Crippen LogP contribution in [0.25, 0.3) is 0 Å². The van der Waals surface area contributed by atoms with E-state index in [9.17, 15) is 19.2 Å². The van der Waals surface area contributed by atoms with E-state index >= 15 is 0 Å². The topological polar surface area (TPSA) is 124 Å². The molecular formula is C22H36O10. The summed E-state index contributed by atoms with van der Waals surface area (Å²) >= 11 is 0. The summed E-state index contributed by atoms with van der Waals surface area (Å²) in [6.45, 7) is 6.97. The lowest BCUT2D eigenvalue weighted by molar-refractivity contribution is -0.308. The molecule has 10 heteroatoms. The van der Waals surface area contributed by atoms with Gasteiger partial charge in [0.05, 0.1) is 0 Å². The Hall–Kier alpha value is -2.20. The van der Waals surface area contributed by atoms with Gasteiger partial charge in [-0.15, -0.1) is 0 Å². The summed E-state index contributed by atoms with van der Waals surface area (Å²) in [7, 11) is 0. The number of esters is 4. The molecule has 0 saturated carbocycles. The Balaban J connectivity index is 3.01. The molecule has 0 aromatic rings. The molecule has 32 heavy (non-hydrogen) atoms. The first-order valence-electron chi connectivity index (χ1n) is 11.1. The SMILES string of the molecule is CCCCCCCCO[C@@H]1OC(COC(C)=O)[C@@H](OC(C)=O)[C@H](OC(C)=O)[C@H]1OC(C)=O. The fourth-order valence-electron chi connectivity index (χ4n) is 3.40. The number of rotatable bonds is 13. The van der Waals surface area contributed by atoms with Crippen LogP contribution in [0.3, 0.4) is 0 Å². The van der Waals surface area contributed by atoms with Gasteiger partial charge in [0.1, 0.15) is 12.7 Å². The van der Waals surface area contributed by atoms with Gasteiger partial charge in [-0.05, 0) is 6.42 Å². The second-order valence-corrected chi connectivity index (χ2v) is 7.71. The molecule has 0 N–H and O–H groups in total. The highest BCUT2D eigenvalue weighted by molar-refractivity contribution is 5.68. The summed E-state index contributed by atoms with van der Waals surface area (Å²) in [4.78, 5) is 46.5. The predicted octanol–water partition coefficient (Wildman–Crippen LogP) is 2.45. The van der Waals surface area contributed by atoms with Crippen molar-refractivity contribution in [2.45, 2.75) is 104 Å². The smallest absolute Gasteiger partial charge is 0.303 e. The van der Waals surface area contributed by atoms with Crippen LogP contribution in [0.2, 0.25) is 0 Å². The summed E-state index contributed by atoms with van der Waals surface area (Å²) in [5.74, 6) is -2.56. The highest BCUT2D eigenvalue weighted by atomic mass is 16.7. The fourth-order valence-corrected chi connectivity index (χ4v) is 3.40. The normalized spacial score (nSPS) is 25.0. The molecule has 0 spiro atoms. The highest BCUT2D eigenvalue weighted by Crippen LogP contribution is 2.30. The number of hydrogen-bond acceptors (Lipinski definition) is 10. The summed E-state index contributed by atoms with van der Waals surface area (Å²) in [6, 6.07) is 0. The Morgan fingerprint density at radius 1 is 0.688 bits per heavy atom. The van der Waals surface area contributed by atoms with Crippen molar-refractivity contribution in [3.8, 4) is 0 Å². The third-order valence-electron chi connectivity index (χ3n) is 4.73. The number of carbonyl (C=O) groups excluding carboxylic acids is 4. The molecule has 0 aliphatic carbocycles. The van der Waals surface area contributed by atoms with Crippen molar-refractivity contribution in [1.29, 1.82) is 0 Å². The van der Waals surface area contributed by atoms with Crippen molar-refractivity contribution in [2.75, 3.05) is 13.2 Å². The first kappa shape index (κ1) is 27.8. The van der Waals surface area contributed by atoms with Crippen LogP contribution in [0.5, 0.6) is 0 Å². The molecule has 5 atom stereocenters. The average molecular weight is 461 g/mol. The van der Waals surface area contributed by atoms with Gasteiger partial charge in [-0.25, -0.2) is 0 Å². The average Bonchev–Trinajstić information content (AvgIpc) is 2.68. The summed E-state index contributed by atoms with van der Waals surface area (Å²) in [5.41, 5.74) is 0. The van der Waals surface area contributed by atoms with Gasteiger partial charge >= 0.3 is 23.9 Å². The molecule has 0 aromatic heterocycles. The number of hydrogen-bond donors (Lipinski definition) is 0. The molecule has 1 fully saturated rings. The van der Waals surface area contributed by atoms with E-state index in [0.29, 0.717) is 6.61 Å². The van der Waals surface area contributed by atoms with Crippen molar-refractivity contribution >= 4 is 23.9 Å². The second-order valence-electron chi connectivity index (χ2n) is 7.71. The molecule has 0 aromatic carbocycles. The Morgan fingerprint density at radius 3 is 1.78 bits per heavy atom. The van der Waals surface area contributed by atoms with Crippen LogP contribution < -0.4 is 0 Å². The van der Waals surface area contributed by atoms with Gasteiger partial charge < -0.3 is 28.4 Å². The molecule has 1 aliphatic heterocycles. The van der Waals surface area contributed by atoms with Crippen molar-refractivity contribution in [3.63, 3.8) is 0 Å². The van der Waals surface area contributed by atoms with Gasteiger partial charge in [-0.3, -0.25) is 19.2 Å². The van der Waals surface area contributed by atoms with Gasteiger partial charge in [0.2, 0.25) is 0 Å². The maximum atomic E-state index is 11.8. The van der Waals surface area contributed by atoms with Crippen LogP contribution >= 0.6 is 0 Å². The van der Waals surface area contributed by atoms with E-state index in [1.165, 1.54) is 34.1 Å². The Labute approximate surface area is 189 Å². The minimum absolute atomic E-state index is 0.269. The summed E-state index contributed by atoms with van der Waals surface area (Å²) < 4.78 is 32.8. The maximum absolute atomic E-state index is 11.8. The van der Waals surface area contributed by atoms with Crippen LogP contribution in [0.1, 0.15) is 73.1 Å². The third kappa shape index (κ3) is 10.4. The number of ether oxygens (including phenoxy) is 6. The zero-order valence-electron chi connectivity index (χ0n) is 19.6. The molecule has 0 amide bonds. The Morgan fingerprint density at radius 2 is 1.22 bits per heavy atom. The lowest BCUT2D eigenvalue weighted by atomic mass is 9.98. The standard InChI is InChI=1S/C22H36O10/c1-6-7-8-9-10-11-12-27-22-21(31-17(5)26)20(30-16(4)25)19(29-15(3)24)18(32-22)13-28-14(2)23/h18-22H,6-13H2,1-5H3/t18?,19-,20+,21-,22-/m1/s1. The van der Waals surface area contributed by atoms with E-state index in [-0.39, 0.29) is 6.61 Å². The third-order valence-corrected chi connectivity index (χ3v) is 4.73. The van der Waals surface area contributed by atoms with Crippen molar-refractivity contribution in [2.24, 2.45) is 0 Å². The lowest BCUT2D eigenvalue weighted by Crippen LogP contribution is -2.63. The lowest BCUT2D eigenvalue weighted by Gasteiger charge is -2.44. The van der Waals surface area contributed by atoms with Gasteiger partial charge in [-0.1, -0.05) is 39.0 Å². The van der Waals surface area contributed by atoms with Crippen LogP contribution in [-0.4, -0.2) is 67.8 Å². The van der Waals surface area contributed by atoms with E-state index in [1.807, 2.05) is 0 Å². The first-order chi connectivity index (χ1) is 15.1. The molecule has 10 nitrogen and oxygen atoms in total. The van der Waals surface area contributed by atoms with E-state index in [1.54, 1.807) is 0 Å². The van der Waals surface area contributed by atoms with Crippen LogP contribution in [0.15, 0.2) is 0 Å². The van der Waals surface area contributed by atoms with E-state index in [2.05, 4.69) is 6.92 Å². The zero-order chi connectivity index (χ0) is 24.1. The molecule has 184 valence electrons. The summed E-state index contributed by atoms with van der Waals surface area (Å²) in [6.07, 6.45) is 0.641. The van der Waals surface area contributed by atoms with Crippen LogP contribution in [-0.2, 0) is 47.6 Å². The molecule has 1 unspecified atom stereocenters. The molecule has 0 bridgehead atoms. The summed E-state index contributed by atoms with van der Waals surface area (Å²) in [5, 5.41) is 0. The molecule has 0 radical (unpaired) electrons. The van der Waals surface area contributed by atoms with E-state index < -0.39 is 54.6 Å². The monoisotopic (exact) mass is 460 g/mol. The quantitative estimate of drug-likeness (QED) is 0.230. The molecule has 1 saturated heterocycles. The fraction of sp³-hybridized carbons (Fsp3) is 0.818. The van der Waals surface area contributed by atoms with Gasteiger partial charge in [0, 0.05) is 34.3 Å². The Bertz CT molecular complexity index is 620. The largest absolute Gasteiger partial charge is 0.463 e. The second kappa shape index (κ2) is 14.8. The van der Waals surface area contributed by atoms with E-state index in [4.69, 9.17) is 28.4 Å². The number of carbonyl (C=O) groups is 4. The van der Waals surface area contributed by atoms with Crippen molar-refractivity contribution < 1.29 is 47.6 Å². The van der Waals surface area contributed by atoms with Gasteiger partial charge in [-0.2, -0.15) is 0 Å². The van der Waals surface area contributed by atoms with Gasteiger partial charge in [0.15, 0.2) is 24.6 Å². The number of unbranched alkanes of at least 4 members (excludes halogenated alkanes) is 5. The minimum Gasteiger partial charge on any atom is -0.463 e. The van der Waals surface area contributed by atoms with Crippen molar-refractivity contribution in [3.05, 3.63) is 0 Å². The maximum Gasteiger partial charge on any atom is 0.303 e. The first-order valence-corrected chi connectivity index (χ1v) is 11.1. The Kier molecular flexibility index (Phi) is 12.9. The minimum atomic E-state index is -1.20. The molecular weight excluding hydrogens is 424 g/mol. The van der Waals surface area contributed by atoms with Crippen LogP contribution in [0, 0.1) is 0 Å². The highest BCUT2D eigenvalue weighted by Gasteiger charge is 2.52. The molecule has 1 rings (SSSR count). The molecule has 1 heterocycles. The predicted molar refractivity (Wildman–Crippen MR) is 111 cm³/mol.